The summed E-state index contributed by atoms with van der Waals surface area (Å²) in [6.07, 6.45) is 1.38. The topological polar surface area (TPSA) is 120 Å². The molecule has 1 aromatic carbocycles. The van der Waals surface area contributed by atoms with Gasteiger partial charge in [0.1, 0.15) is 5.82 Å². The number of furan rings is 1. The summed E-state index contributed by atoms with van der Waals surface area (Å²) < 4.78 is 45.2. The third kappa shape index (κ3) is 5.28. The molecule has 0 spiro atoms. The standard InChI is InChI=1S/C22H25FN4O6S/c23-17-3-1-4-18(14-17)27-15-16(13-20(27)28)21(29)24-6-12-34(31,32)26-9-7-25(8-10-26)22(30)19-5-2-11-33-19/h1-5,11,14,16H,6-10,12-13,15H2,(H,24,29). The number of nitrogens with zero attached hydrogens (tertiary/aromatic N) is 3. The Labute approximate surface area is 196 Å². The van der Waals surface area contributed by atoms with Crippen LogP contribution < -0.4 is 10.2 Å². The first-order valence-corrected chi connectivity index (χ1v) is 12.5. The van der Waals surface area contributed by atoms with Crippen molar-refractivity contribution in [2.24, 2.45) is 5.92 Å². The molecule has 3 heterocycles. The Morgan fingerprint density at radius 3 is 2.56 bits per heavy atom. The van der Waals surface area contributed by atoms with Gasteiger partial charge in [0.25, 0.3) is 5.91 Å². The van der Waals surface area contributed by atoms with Gasteiger partial charge in [0.2, 0.25) is 21.8 Å². The maximum absolute atomic E-state index is 13.5. The third-order valence-corrected chi connectivity index (χ3v) is 7.80. The average Bonchev–Trinajstić information content (AvgIpc) is 3.49. The summed E-state index contributed by atoms with van der Waals surface area (Å²) in [5.74, 6) is -2.20. The normalized spacial score (nSPS) is 19.4. The fourth-order valence-corrected chi connectivity index (χ4v) is 5.42. The minimum absolute atomic E-state index is 0.0270. The van der Waals surface area contributed by atoms with E-state index in [1.54, 1.807) is 18.2 Å². The number of benzene rings is 1. The number of anilines is 1. The van der Waals surface area contributed by atoms with Crippen LogP contribution in [0.1, 0.15) is 17.0 Å². The van der Waals surface area contributed by atoms with Crippen LogP contribution in [-0.4, -0.2) is 80.4 Å². The van der Waals surface area contributed by atoms with E-state index in [-0.39, 0.29) is 69.0 Å². The summed E-state index contributed by atoms with van der Waals surface area (Å²) in [6.45, 7) is 0.797. The minimum Gasteiger partial charge on any atom is -0.459 e. The van der Waals surface area contributed by atoms with E-state index in [0.717, 1.165) is 0 Å². The summed E-state index contributed by atoms with van der Waals surface area (Å²) in [6, 6.07) is 8.75. The lowest BCUT2D eigenvalue weighted by Crippen LogP contribution is -2.51. The Kier molecular flexibility index (Phi) is 6.98. The smallest absolute Gasteiger partial charge is 0.289 e. The second-order valence-electron chi connectivity index (χ2n) is 8.16. The Morgan fingerprint density at radius 2 is 1.88 bits per heavy atom. The predicted molar refractivity (Wildman–Crippen MR) is 120 cm³/mol. The van der Waals surface area contributed by atoms with Crippen LogP contribution in [0.2, 0.25) is 0 Å². The number of hydrogen-bond donors (Lipinski definition) is 1. The number of sulfonamides is 1. The average molecular weight is 493 g/mol. The van der Waals surface area contributed by atoms with Gasteiger partial charge in [-0.1, -0.05) is 6.07 Å². The van der Waals surface area contributed by atoms with Crippen LogP contribution in [0.5, 0.6) is 0 Å². The Morgan fingerprint density at radius 1 is 1.12 bits per heavy atom. The predicted octanol–water partition coefficient (Wildman–Crippen LogP) is 0.676. The summed E-state index contributed by atoms with van der Waals surface area (Å²) in [4.78, 5) is 40.0. The summed E-state index contributed by atoms with van der Waals surface area (Å²) in [7, 11) is -3.64. The summed E-state index contributed by atoms with van der Waals surface area (Å²) in [5, 5.41) is 2.59. The highest BCUT2D eigenvalue weighted by Crippen LogP contribution is 2.25. The van der Waals surface area contributed by atoms with Crippen LogP contribution in [0.15, 0.2) is 47.1 Å². The number of halogens is 1. The van der Waals surface area contributed by atoms with Crippen LogP contribution in [0.4, 0.5) is 10.1 Å². The molecule has 2 aromatic rings. The van der Waals surface area contributed by atoms with Crippen molar-refractivity contribution in [1.82, 2.24) is 14.5 Å². The largest absolute Gasteiger partial charge is 0.459 e. The molecule has 182 valence electrons. The van der Waals surface area contributed by atoms with Gasteiger partial charge >= 0.3 is 0 Å². The van der Waals surface area contributed by atoms with Crippen molar-refractivity contribution in [3.63, 3.8) is 0 Å². The molecule has 4 rings (SSSR count). The lowest BCUT2D eigenvalue weighted by atomic mass is 10.1. The van der Waals surface area contributed by atoms with E-state index >= 15 is 0 Å². The fourth-order valence-electron chi connectivity index (χ4n) is 4.08. The van der Waals surface area contributed by atoms with Crippen molar-refractivity contribution in [2.45, 2.75) is 6.42 Å². The molecule has 1 unspecified atom stereocenters. The SMILES string of the molecule is O=C(NCCS(=O)(=O)N1CCN(C(=O)c2ccco2)CC1)C1CC(=O)N(c2cccc(F)c2)C1. The number of nitrogens with one attached hydrogen (secondary N) is 1. The van der Waals surface area contributed by atoms with Crippen LogP contribution in [-0.2, 0) is 19.6 Å². The van der Waals surface area contributed by atoms with Gasteiger partial charge in [0, 0.05) is 51.4 Å². The second-order valence-corrected chi connectivity index (χ2v) is 10.2. The van der Waals surface area contributed by atoms with Crippen LogP contribution in [0, 0.1) is 11.7 Å². The first kappa shape index (κ1) is 23.9. The molecule has 2 saturated heterocycles. The number of amides is 3. The maximum Gasteiger partial charge on any atom is 0.289 e. The van der Waals surface area contributed by atoms with Gasteiger partial charge in [-0.05, 0) is 30.3 Å². The number of carbonyl (C=O) groups is 3. The van der Waals surface area contributed by atoms with Gasteiger partial charge in [-0.3, -0.25) is 14.4 Å². The third-order valence-electron chi connectivity index (χ3n) is 5.93. The van der Waals surface area contributed by atoms with Crippen LogP contribution >= 0.6 is 0 Å². The molecule has 1 atom stereocenters. The molecule has 0 bridgehead atoms. The monoisotopic (exact) mass is 492 g/mol. The minimum atomic E-state index is -3.64. The maximum atomic E-state index is 13.5. The van der Waals surface area contributed by atoms with Crippen molar-refractivity contribution in [2.75, 3.05) is 49.9 Å². The van der Waals surface area contributed by atoms with Crippen LogP contribution in [0.3, 0.4) is 0 Å². The molecule has 34 heavy (non-hydrogen) atoms. The Balaban J connectivity index is 1.23. The lowest BCUT2D eigenvalue weighted by molar-refractivity contribution is -0.126. The molecule has 12 heteroatoms. The molecule has 2 fully saturated rings. The quantitative estimate of drug-likeness (QED) is 0.607. The van der Waals surface area contributed by atoms with Crippen molar-refractivity contribution in [3.8, 4) is 0 Å². The second kappa shape index (κ2) is 9.94. The molecule has 1 N–H and O–H groups in total. The highest BCUT2D eigenvalue weighted by atomic mass is 32.2. The van der Waals surface area contributed by atoms with E-state index in [9.17, 15) is 27.2 Å². The van der Waals surface area contributed by atoms with Gasteiger partial charge in [-0.25, -0.2) is 12.8 Å². The molecule has 2 aliphatic rings. The van der Waals surface area contributed by atoms with Crippen molar-refractivity contribution >= 4 is 33.4 Å². The molecule has 2 aliphatic heterocycles. The first-order valence-electron chi connectivity index (χ1n) is 10.9. The number of rotatable bonds is 7. The Bertz CT molecular complexity index is 1160. The number of carbonyl (C=O) groups excluding carboxylic acids is 3. The van der Waals surface area contributed by atoms with E-state index in [1.807, 2.05) is 0 Å². The van der Waals surface area contributed by atoms with Crippen molar-refractivity contribution in [3.05, 3.63) is 54.2 Å². The lowest BCUT2D eigenvalue weighted by Gasteiger charge is -2.33. The van der Waals surface area contributed by atoms with Gasteiger partial charge in [-0.2, -0.15) is 4.31 Å². The molecular weight excluding hydrogens is 467 g/mol. The molecule has 3 amide bonds. The molecule has 0 radical (unpaired) electrons. The van der Waals surface area contributed by atoms with E-state index in [1.165, 1.54) is 38.6 Å². The highest BCUT2D eigenvalue weighted by molar-refractivity contribution is 7.89. The molecular formula is C22H25FN4O6S. The first-order chi connectivity index (χ1) is 16.2. The van der Waals surface area contributed by atoms with E-state index in [0.29, 0.717) is 5.69 Å². The van der Waals surface area contributed by atoms with Crippen LogP contribution in [0.25, 0.3) is 0 Å². The van der Waals surface area contributed by atoms with Gasteiger partial charge in [0.05, 0.1) is 17.9 Å². The summed E-state index contributed by atoms with van der Waals surface area (Å²) >= 11 is 0. The fraction of sp³-hybridized carbons (Fsp3) is 0.409. The zero-order chi connectivity index (χ0) is 24.3. The van der Waals surface area contributed by atoms with E-state index in [2.05, 4.69) is 5.32 Å². The Hall–Kier alpha value is -3.25. The molecule has 1 aromatic heterocycles. The number of hydrogen-bond acceptors (Lipinski definition) is 6. The molecule has 0 saturated carbocycles. The zero-order valence-corrected chi connectivity index (χ0v) is 19.2. The highest BCUT2D eigenvalue weighted by Gasteiger charge is 2.35. The molecule has 0 aliphatic carbocycles. The zero-order valence-electron chi connectivity index (χ0n) is 18.4. The van der Waals surface area contributed by atoms with Crippen molar-refractivity contribution in [1.29, 1.82) is 0 Å². The van der Waals surface area contributed by atoms with Gasteiger partial charge < -0.3 is 19.5 Å². The van der Waals surface area contributed by atoms with E-state index in [4.69, 9.17) is 4.42 Å². The summed E-state index contributed by atoms with van der Waals surface area (Å²) in [5.41, 5.74) is 0.382. The van der Waals surface area contributed by atoms with Gasteiger partial charge in [-0.15, -0.1) is 0 Å². The molecule has 10 nitrogen and oxygen atoms in total. The number of piperazine rings is 1. The van der Waals surface area contributed by atoms with Gasteiger partial charge in [0.15, 0.2) is 5.76 Å². The van der Waals surface area contributed by atoms with Crippen molar-refractivity contribution < 1.29 is 31.6 Å². The van der Waals surface area contributed by atoms with E-state index < -0.39 is 27.7 Å².